The number of fused-ring (bicyclic) bond motifs is 1. The first kappa shape index (κ1) is 10.6. The Morgan fingerprint density at radius 3 is 3.07 bits per heavy atom. The molecule has 0 radical (unpaired) electrons. The van der Waals surface area contributed by atoms with Crippen molar-refractivity contribution in [3.63, 3.8) is 0 Å². The minimum Gasteiger partial charge on any atom is -0.319 e. The number of carbonyl (C=O) groups excluding carboxylic acids is 1. The number of nitrogens with zero attached hydrogens (tertiary/aromatic N) is 1. The lowest BCUT2D eigenvalue weighted by atomic mass is 10.0. The normalized spacial score (nSPS) is 14.9. The second-order valence-electron chi connectivity index (χ2n) is 3.70. The van der Waals surface area contributed by atoms with Crippen LogP contribution in [0.2, 0.25) is 0 Å². The van der Waals surface area contributed by atoms with Gasteiger partial charge in [-0.15, -0.1) is 0 Å². The molecule has 80 valence electrons. The van der Waals surface area contributed by atoms with Crippen LogP contribution in [0.25, 0.3) is 0 Å². The molecule has 0 amide bonds. The molecule has 0 spiro atoms. The molecule has 0 N–H and O–H groups in total. The number of carbonyl (C=O) groups is 1. The van der Waals surface area contributed by atoms with Gasteiger partial charge in [-0.25, -0.2) is 0 Å². The summed E-state index contributed by atoms with van der Waals surface area (Å²) in [5, 5.41) is 0. The van der Waals surface area contributed by atoms with E-state index in [0.717, 1.165) is 17.7 Å². The van der Waals surface area contributed by atoms with Gasteiger partial charge in [0.25, 0.3) is 0 Å². The molecule has 2 nitrogen and oxygen atoms in total. The summed E-state index contributed by atoms with van der Waals surface area (Å²) in [4.78, 5) is 11.6. The average Bonchev–Trinajstić information content (AvgIpc) is 2.28. The van der Waals surface area contributed by atoms with Crippen LogP contribution in [0.1, 0.15) is 29.3 Å². The molecule has 0 fully saturated rings. The molecule has 1 aliphatic heterocycles. The molecular weight excluding hydrogens is 206 g/mol. The summed E-state index contributed by atoms with van der Waals surface area (Å²) in [5.41, 5.74) is 3.41. The fourth-order valence-corrected chi connectivity index (χ4v) is 2.73. The first-order chi connectivity index (χ1) is 7.22. The van der Waals surface area contributed by atoms with Crippen molar-refractivity contribution >= 4 is 23.4 Å². The molecule has 1 heterocycles. The molecule has 0 saturated carbocycles. The number of rotatable bonds is 2. The summed E-state index contributed by atoms with van der Waals surface area (Å²) in [6.07, 6.45) is 1.65. The average molecular weight is 221 g/mol. The van der Waals surface area contributed by atoms with Crippen molar-refractivity contribution in [3.8, 4) is 0 Å². The molecule has 2 rings (SSSR count). The summed E-state index contributed by atoms with van der Waals surface area (Å²) in [6, 6.07) is 6.05. The Labute approximate surface area is 94.8 Å². The van der Waals surface area contributed by atoms with Gasteiger partial charge in [0.15, 0.2) is 5.78 Å². The molecule has 15 heavy (non-hydrogen) atoms. The third-order valence-corrected chi connectivity index (χ3v) is 3.69. The molecular formula is C12H15NOS. The van der Waals surface area contributed by atoms with Gasteiger partial charge in [0.1, 0.15) is 0 Å². The monoisotopic (exact) mass is 221 g/mol. The minimum absolute atomic E-state index is 0.235. The highest BCUT2D eigenvalue weighted by molar-refractivity contribution is 8.00. The Hall–Kier alpha value is -0.960. The van der Waals surface area contributed by atoms with E-state index >= 15 is 0 Å². The number of Topliss-reactive ketones (excluding diaryl/α,β-unsaturated/α-hetero) is 1. The molecule has 0 unspecified atom stereocenters. The first-order valence-corrected chi connectivity index (χ1v) is 6.19. The van der Waals surface area contributed by atoms with Crippen LogP contribution in [0.3, 0.4) is 0 Å². The third kappa shape index (κ3) is 2.02. The lowest BCUT2D eigenvalue weighted by Gasteiger charge is -2.26. The molecule has 3 heteroatoms. The van der Waals surface area contributed by atoms with Crippen LogP contribution in [-0.4, -0.2) is 18.6 Å². The van der Waals surface area contributed by atoms with Gasteiger partial charge < -0.3 is 4.31 Å². The maximum Gasteiger partial charge on any atom is 0.162 e. The van der Waals surface area contributed by atoms with E-state index in [0.29, 0.717) is 6.42 Å². The highest BCUT2D eigenvalue weighted by Gasteiger charge is 2.15. The number of hydrogen-bond acceptors (Lipinski definition) is 3. The second kappa shape index (κ2) is 4.27. The van der Waals surface area contributed by atoms with E-state index < -0.39 is 0 Å². The van der Waals surface area contributed by atoms with Gasteiger partial charge in [-0.3, -0.25) is 4.79 Å². The van der Waals surface area contributed by atoms with Crippen molar-refractivity contribution in [2.75, 3.05) is 17.1 Å². The van der Waals surface area contributed by atoms with Gasteiger partial charge in [-0.2, -0.15) is 0 Å². The van der Waals surface area contributed by atoms with E-state index in [1.54, 1.807) is 0 Å². The number of anilines is 1. The van der Waals surface area contributed by atoms with Gasteiger partial charge in [0, 0.05) is 30.5 Å². The minimum atomic E-state index is 0.235. The van der Waals surface area contributed by atoms with Crippen LogP contribution in [0.15, 0.2) is 18.2 Å². The zero-order valence-corrected chi connectivity index (χ0v) is 9.93. The Morgan fingerprint density at radius 2 is 2.33 bits per heavy atom. The maximum absolute atomic E-state index is 11.6. The second-order valence-corrected chi connectivity index (χ2v) is 4.92. The van der Waals surface area contributed by atoms with Crippen LogP contribution >= 0.6 is 11.9 Å². The molecule has 1 aliphatic rings. The molecule has 0 aromatic heterocycles. The Kier molecular flexibility index (Phi) is 3.00. The molecule has 0 atom stereocenters. The van der Waals surface area contributed by atoms with Crippen molar-refractivity contribution in [3.05, 3.63) is 29.3 Å². The lowest BCUT2D eigenvalue weighted by molar-refractivity contribution is 0.0988. The van der Waals surface area contributed by atoms with Gasteiger partial charge in [-0.05, 0) is 42.1 Å². The molecule has 1 aromatic rings. The zero-order valence-electron chi connectivity index (χ0n) is 9.12. The standard InChI is InChI=1S/C12H15NOS/c1-3-12(14)10-4-5-11-9(8-10)6-7-15-13(11)2/h4-5,8H,3,6-7H2,1-2H3. The molecule has 0 saturated heterocycles. The van der Waals surface area contributed by atoms with E-state index in [1.807, 2.05) is 24.9 Å². The van der Waals surface area contributed by atoms with Gasteiger partial charge in [0.2, 0.25) is 0 Å². The Bertz CT molecular complexity index is 389. The number of ketones is 1. The van der Waals surface area contributed by atoms with Crippen LogP contribution in [-0.2, 0) is 6.42 Å². The summed E-state index contributed by atoms with van der Waals surface area (Å²) in [7, 11) is 2.07. The fourth-order valence-electron chi connectivity index (χ4n) is 1.83. The van der Waals surface area contributed by atoms with Crippen molar-refractivity contribution in [1.82, 2.24) is 0 Å². The van der Waals surface area contributed by atoms with Crippen LogP contribution in [0.5, 0.6) is 0 Å². The molecule has 0 aliphatic carbocycles. The predicted molar refractivity (Wildman–Crippen MR) is 65.6 cm³/mol. The van der Waals surface area contributed by atoms with E-state index in [2.05, 4.69) is 23.5 Å². The first-order valence-electron chi connectivity index (χ1n) is 5.25. The number of hydrogen-bond donors (Lipinski definition) is 0. The Morgan fingerprint density at radius 1 is 1.53 bits per heavy atom. The Balaban J connectivity index is 2.37. The van der Waals surface area contributed by atoms with Crippen molar-refractivity contribution in [2.24, 2.45) is 0 Å². The summed E-state index contributed by atoms with van der Waals surface area (Å²) >= 11 is 1.83. The van der Waals surface area contributed by atoms with E-state index in [4.69, 9.17) is 0 Å². The quantitative estimate of drug-likeness (QED) is 0.565. The summed E-state index contributed by atoms with van der Waals surface area (Å²) in [5.74, 6) is 1.34. The van der Waals surface area contributed by atoms with Gasteiger partial charge in [-0.1, -0.05) is 6.92 Å². The van der Waals surface area contributed by atoms with Crippen LogP contribution in [0.4, 0.5) is 5.69 Å². The van der Waals surface area contributed by atoms with Gasteiger partial charge in [0.05, 0.1) is 0 Å². The largest absolute Gasteiger partial charge is 0.319 e. The van der Waals surface area contributed by atoms with E-state index in [1.165, 1.54) is 11.3 Å². The zero-order chi connectivity index (χ0) is 10.8. The fraction of sp³-hybridized carbons (Fsp3) is 0.417. The summed E-state index contributed by atoms with van der Waals surface area (Å²) < 4.78 is 2.18. The maximum atomic E-state index is 11.6. The number of aryl methyl sites for hydroxylation is 1. The third-order valence-electron chi connectivity index (χ3n) is 2.72. The number of benzene rings is 1. The van der Waals surface area contributed by atoms with Crippen molar-refractivity contribution in [2.45, 2.75) is 19.8 Å². The van der Waals surface area contributed by atoms with Crippen LogP contribution in [0, 0.1) is 0 Å². The van der Waals surface area contributed by atoms with Gasteiger partial charge >= 0.3 is 0 Å². The molecule has 1 aromatic carbocycles. The van der Waals surface area contributed by atoms with Crippen molar-refractivity contribution < 1.29 is 4.79 Å². The topological polar surface area (TPSA) is 20.3 Å². The smallest absolute Gasteiger partial charge is 0.162 e. The van der Waals surface area contributed by atoms with E-state index in [-0.39, 0.29) is 5.78 Å². The van der Waals surface area contributed by atoms with E-state index in [9.17, 15) is 4.79 Å². The highest BCUT2D eigenvalue weighted by Crippen LogP contribution is 2.32. The molecule has 0 bridgehead atoms. The lowest BCUT2D eigenvalue weighted by Crippen LogP contribution is -2.16. The summed E-state index contributed by atoms with van der Waals surface area (Å²) in [6.45, 7) is 1.91. The SMILES string of the molecule is CCC(=O)c1ccc2c(c1)CCSN2C. The van der Waals surface area contributed by atoms with Crippen molar-refractivity contribution in [1.29, 1.82) is 0 Å². The van der Waals surface area contributed by atoms with Crippen LogP contribution < -0.4 is 4.31 Å². The predicted octanol–water partition coefficient (Wildman–Crippen LogP) is 2.92. The highest BCUT2D eigenvalue weighted by atomic mass is 32.2.